The first-order valence-corrected chi connectivity index (χ1v) is 15.2. The van der Waals surface area contributed by atoms with Gasteiger partial charge in [0.05, 0.1) is 0 Å². The fourth-order valence-corrected chi connectivity index (χ4v) is 4.38. The quantitative estimate of drug-likeness (QED) is 0.0697. The van der Waals surface area contributed by atoms with Gasteiger partial charge in [-0.25, -0.2) is 0 Å². The average molecular weight is 498 g/mol. The van der Waals surface area contributed by atoms with Crippen LogP contribution in [0.1, 0.15) is 168 Å². The monoisotopic (exact) mass is 497 g/mol. The number of carbonyl (C=O) groups is 2. The van der Waals surface area contributed by atoms with E-state index in [4.69, 9.17) is 15.2 Å². The third kappa shape index (κ3) is 27.3. The molecule has 0 fully saturated rings. The van der Waals surface area contributed by atoms with Gasteiger partial charge in [0.1, 0.15) is 6.61 Å². The molecule has 0 aromatic carbocycles. The predicted octanol–water partition coefficient (Wildman–Crippen LogP) is 8.76. The minimum Gasteiger partial charge on any atom is -0.460 e. The molecule has 0 rings (SSSR count). The molecule has 2 N–H and O–H groups in total. The third-order valence-corrected chi connectivity index (χ3v) is 6.66. The molecule has 208 valence electrons. The zero-order valence-corrected chi connectivity index (χ0v) is 23.5. The molecule has 1 unspecified atom stereocenters. The Kier molecular flexibility index (Phi) is 26.6. The lowest BCUT2D eigenvalue weighted by Gasteiger charge is -2.13. The van der Waals surface area contributed by atoms with Crippen LogP contribution in [0.15, 0.2) is 0 Å². The smallest absolute Gasteiger partial charge is 0.307 e. The van der Waals surface area contributed by atoms with E-state index in [2.05, 4.69) is 13.8 Å². The van der Waals surface area contributed by atoms with Crippen LogP contribution in [0, 0.1) is 0 Å². The number of rotatable bonds is 27. The highest BCUT2D eigenvalue weighted by Crippen LogP contribution is 2.13. The van der Waals surface area contributed by atoms with E-state index in [1.165, 1.54) is 116 Å². The van der Waals surface area contributed by atoms with Gasteiger partial charge in [-0.3, -0.25) is 15.3 Å². The summed E-state index contributed by atoms with van der Waals surface area (Å²) in [6.07, 6.45) is 27.4. The lowest BCUT2D eigenvalue weighted by Crippen LogP contribution is -2.33. The molecular formula is C30H59NO4. The maximum absolute atomic E-state index is 11.9. The number of unbranched alkanes of at least 4 members (excludes halogenated alkanes) is 20. The summed E-state index contributed by atoms with van der Waals surface area (Å²) in [7, 11) is 0. The molecule has 0 saturated carbocycles. The first-order chi connectivity index (χ1) is 17.1. The van der Waals surface area contributed by atoms with Crippen molar-refractivity contribution >= 4 is 11.9 Å². The van der Waals surface area contributed by atoms with Crippen molar-refractivity contribution in [3.8, 4) is 0 Å². The molecule has 0 radical (unpaired) electrons. The molecule has 0 bridgehead atoms. The maximum Gasteiger partial charge on any atom is 0.307 e. The lowest BCUT2D eigenvalue weighted by atomic mass is 10.1. The SMILES string of the molecule is CCCCCCCCCCCCCC(=O)OCC(N)OC(=O)CCCCCCCCCCCCC. The molecular weight excluding hydrogens is 438 g/mol. The van der Waals surface area contributed by atoms with Crippen LogP contribution in [0.25, 0.3) is 0 Å². The first-order valence-electron chi connectivity index (χ1n) is 15.2. The van der Waals surface area contributed by atoms with Gasteiger partial charge >= 0.3 is 11.9 Å². The van der Waals surface area contributed by atoms with E-state index in [0.29, 0.717) is 12.8 Å². The van der Waals surface area contributed by atoms with Gasteiger partial charge < -0.3 is 9.47 Å². The van der Waals surface area contributed by atoms with Crippen LogP contribution in [-0.4, -0.2) is 24.8 Å². The van der Waals surface area contributed by atoms with E-state index in [-0.39, 0.29) is 18.5 Å². The molecule has 0 aromatic heterocycles. The molecule has 0 heterocycles. The van der Waals surface area contributed by atoms with Crippen LogP contribution in [-0.2, 0) is 19.1 Å². The van der Waals surface area contributed by atoms with Crippen LogP contribution < -0.4 is 5.73 Å². The molecule has 5 nitrogen and oxygen atoms in total. The minimum atomic E-state index is -0.864. The van der Waals surface area contributed by atoms with E-state index in [1.54, 1.807) is 0 Å². The summed E-state index contributed by atoms with van der Waals surface area (Å²) in [6, 6.07) is 0. The zero-order chi connectivity index (χ0) is 25.8. The van der Waals surface area contributed by atoms with Crippen LogP contribution in [0.4, 0.5) is 0 Å². The van der Waals surface area contributed by atoms with Gasteiger partial charge in [-0.2, -0.15) is 0 Å². The normalized spacial score (nSPS) is 12.0. The van der Waals surface area contributed by atoms with Crippen LogP contribution >= 0.6 is 0 Å². The maximum atomic E-state index is 11.9. The second-order valence-electron chi connectivity index (χ2n) is 10.3. The second-order valence-corrected chi connectivity index (χ2v) is 10.3. The number of nitrogens with two attached hydrogens (primary N) is 1. The Morgan fingerprint density at radius 1 is 0.514 bits per heavy atom. The van der Waals surface area contributed by atoms with E-state index >= 15 is 0 Å². The summed E-state index contributed by atoms with van der Waals surface area (Å²) in [5.41, 5.74) is 5.79. The highest BCUT2D eigenvalue weighted by atomic mass is 16.6. The van der Waals surface area contributed by atoms with Gasteiger partial charge in [0, 0.05) is 12.8 Å². The number of esters is 2. The average Bonchev–Trinajstić information content (AvgIpc) is 2.84. The summed E-state index contributed by atoms with van der Waals surface area (Å²) in [4.78, 5) is 23.8. The number of ether oxygens (including phenoxy) is 2. The summed E-state index contributed by atoms with van der Waals surface area (Å²) < 4.78 is 10.3. The van der Waals surface area contributed by atoms with Crippen LogP contribution in [0.2, 0.25) is 0 Å². The van der Waals surface area contributed by atoms with Crippen molar-refractivity contribution in [2.45, 2.75) is 174 Å². The molecule has 0 aliphatic heterocycles. The summed E-state index contributed by atoms with van der Waals surface area (Å²) >= 11 is 0. The van der Waals surface area contributed by atoms with Crippen molar-refractivity contribution in [3.05, 3.63) is 0 Å². The molecule has 0 aliphatic rings. The van der Waals surface area contributed by atoms with Crippen LogP contribution in [0.3, 0.4) is 0 Å². The van der Waals surface area contributed by atoms with Crippen LogP contribution in [0.5, 0.6) is 0 Å². The highest BCUT2D eigenvalue weighted by molar-refractivity contribution is 5.70. The molecule has 35 heavy (non-hydrogen) atoms. The molecule has 0 spiro atoms. The number of hydrogen-bond acceptors (Lipinski definition) is 5. The molecule has 0 aromatic rings. The zero-order valence-electron chi connectivity index (χ0n) is 23.5. The van der Waals surface area contributed by atoms with Crippen molar-refractivity contribution in [1.29, 1.82) is 0 Å². The molecule has 0 saturated heterocycles. The fourth-order valence-electron chi connectivity index (χ4n) is 4.38. The van der Waals surface area contributed by atoms with Gasteiger partial charge in [0.2, 0.25) is 0 Å². The van der Waals surface area contributed by atoms with Crippen molar-refractivity contribution < 1.29 is 19.1 Å². The Labute approximate surface area is 217 Å². The number of hydrogen-bond donors (Lipinski definition) is 1. The summed E-state index contributed by atoms with van der Waals surface area (Å²) in [5.74, 6) is -0.548. The Bertz CT molecular complexity index is 469. The van der Waals surface area contributed by atoms with Crippen molar-refractivity contribution in [3.63, 3.8) is 0 Å². The largest absolute Gasteiger partial charge is 0.460 e. The van der Waals surface area contributed by atoms with Gasteiger partial charge in [-0.15, -0.1) is 0 Å². The molecule has 0 amide bonds. The first kappa shape index (κ1) is 33.9. The Balaban J connectivity index is 3.43. The van der Waals surface area contributed by atoms with Crippen molar-refractivity contribution in [2.75, 3.05) is 6.61 Å². The Hall–Kier alpha value is -1.10. The standard InChI is InChI=1S/C30H59NO4/c1-3-5-7-9-11-13-15-17-19-21-23-25-29(32)34-27-28(31)35-30(33)26-24-22-20-18-16-14-12-10-8-6-4-2/h28H,3-27,31H2,1-2H3. The molecule has 5 heteroatoms. The van der Waals surface area contributed by atoms with E-state index in [1.807, 2.05) is 0 Å². The van der Waals surface area contributed by atoms with Crippen molar-refractivity contribution in [2.24, 2.45) is 5.73 Å². The van der Waals surface area contributed by atoms with E-state index in [9.17, 15) is 9.59 Å². The van der Waals surface area contributed by atoms with Gasteiger partial charge in [-0.05, 0) is 12.8 Å². The molecule has 1 atom stereocenters. The Morgan fingerprint density at radius 2 is 0.829 bits per heavy atom. The highest BCUT2D eigenvalue weighted by Gasteiger charge is 2.12. The van der Waals surface area contributed by atoms with Gasteiger partial charge in [0.15, 0.2) is 6.23 Å². The third-order valence-electron chi connectivity index (χ3n) is 6.66. The van der Waals surface area contributed by atoms with E-state index < -0.39 is 6.23 Å². The molecule has 0 aliphatic carbocycles. The van der Waals surface area contributed by atoms with E-state index in [0.717, 1.165) is 25.7 Å². The lowest BCUT2D eigenvalue weighted by molar-refractivity contribution is -0.158. The van der Waals surface area contributed by atoms with Crippen molar-refractivity contribution in [1.82, 2.24) is 0 Å². The topological polar surface area (TPSA) is 78.6 Å². The number of carbonyl (C=O) groups excluding carboxylic acids is 2. The Morgan fingerprint density at radius 3 is 1.20 bits per heavy atom. The summed E-state index contributed by atoms with van der Waals surface area (Å²) in [6.45, 7) is 4.44. The predicted molar refractivity (Wildman–Crippen MR) is 147 cm³/mol. The van der Waals surface area contributed by atoms with Gasteiger partial charge in [-0.1, -0.05) is 142 Å². The van der Waals surface area contributed by atoms with Gasteiger partial charge in [0.25, 0.3) is 0 Å². The second kappa shape index (κ2) is 27.5. The minimum absolute atomic E-state index is 0.0547. The fraction of sp³-hybridized carbons (Fsp3) is 0.933. The summed E-state index contributed by atoms with van der Waals surface area (Å²) in [5, 5.41) is 0.